The van der Waals surface area contributed by atoms with Crippen molar-refractivity contribution >= 4 is 16.6 Å². The van der Waals surface area contributed by atoms with Gasteiger partial charge in [0.05, 0.1) is 22.6 Å². The molecule has 1 aromatic heterocycles. The van der Waals surface area contributed by atoms with Crippen molar-refractivity contribution in [1.82, 2.24) is 9.66 Å². The lowest BCUT2D eigenvalue weighted by Crippen LogP contribution is -2.34. The maximum absolute atomic E-state index is 13.4. The highest BCUT2D eigenvalue weighted by Crippen LogP contribution is 2.17. The van der Waals surface area contributed by atoms with E-state index in [1.165, 1.54) is 0 Å². The first-order chi connectivity index (χ1) is 11.5. The lowest BCUT2D eigenvalue weighted by atomic mass is 10.2. The average molecular weight is 330 g/mol. The SMILES string of the molecule is CC[C@H](N)c1nc2ccccc2c(=O)n1Nc1cc(F)cc(F)c1. The summed E-state index contributed by atoms with van der Waals surface area (Å²) in [5, 5.41) is 0.383. The van der Waals surface area contributed by atoms with Crippen LogP contribution in [0.1, 0.15) is 25.2 Å². The third-order valence-electron chi connectivity index (χ3n) is 3.68. The van der Waals surface area contributed by atoms with Gasteiger partial charge in [0.2, 0.25) is 0 Å². The Bertz CT molecular complexity index is 935. The van der Waals surface area contributed by atoms with Crippen molar-refractivity contribution in [2.24, 2.45) is 5.73 Å². The van der Waals surface area contributed by atoms with Crippen molar-refractivity contribution in [3.63, 3.8) is 0 Å². The number of nitrogens with one attached hydrogen (secondary N) is 1. The first-order valence-electron chi connectivity index (χ1n) is 7.50. The number of rotatable bonds is 4. The normalized spacial score (nSPS) is 12.3. The van der Waals surface area contributed by atoms with E-state index >= 15 is 0 Å². The van der Waals surface area contributed by atoms with E-state index in [4.69, 9.17) is 5.73 Å². The van der Waals surface area contributed by atoms with E-state index in [1.54, 1.807) is 24.3 Å². The van der Waals surface area contributed by atoms with Crippen LogP contribution in [-0.2, 0) is 0 Å². The molecule has 0 spiro atoms. The molecule has 7 heteroatoms. The van der Waals surface area contributed by atoms with Crippen molar-refractivity contribution in [3.05, 3.63) is 70.3 Å². The second-order valence-electron chi connectivity index (χ2n) is 5.41. The molecule has 0 saturated carbocycles. The molecule has 3 aromatic rings. The number of anilines is 1. The van der Waals surface area contributed by atoms with Crippen LogP contribution in [0.3, 0.4) is 0 Å². The van der Waals surface area contributed by atoms with Gasteiger partial charge in [0, 0.05) is 6.07 Å². The molecule has 0 fully saturated rings. The third-order valence-corrected chi connectivity index (χ3v) is 3.68. The standard InChI is InChI=1S/C17H16F2N4O/c1-2-14(20)16-21-15-6-4-3-5-13(15)17(24)23(16)22-12-8-10(18)7-11(19)9-12/h3-9,14,22H,2,20H2,1H3/t14-/m0/s1. The molecule has 1 atom stereocenters. The number of nitrogens with zero attached hydrogens (tertiary/aromatic N) is 2. The molecule has 124 valence electrons. The number of hydrogen-bond donors (Lipinski definition) is 2. The smallest absolute Gasteiger partial charge is 0.280 e. The fourth-order valence-electron chi connectivity index (χ4n) is 2.44. The summed E-state index contributed by atoms with van der Waals surface area (Å²) in [4.78, 5) is 17.2. The van der Waals surface area contributed by atoms with E-state index in [1.807, 2.05) is 6.92 Å². The summed E-state index contributed by atoms with van der Waals surface area (Å²) >= 11 is 0. The molecule has 5 nitrogen and oxygen atoms in total. The minimum Gasteiger partial charge on any atom is -0.321 e. The van der Waals surface area contributed by atoms with Crippen LogP contribution in [0.5, 0.6) is 0 Å². The molecule has 0 aliphatic rings. The molecule has 0 radical (unpaired) electrons. The van der Waals surface area contributed by atoms with Gasteiger partial charge in [-0.25, -0.2) is 18.4 Å². The Balaban J connectivity index is 2.20. The van der Waals surface area contributed by atoms with Crippen LogP contribution in [0.15, 0.2) is 47.3 Å². The summed E-state index contributed by atoms with van der Waals surface area (Å²) in [5.41, 5.74) is 9.00. The second kappa shape index (κ2) is 6.37. The molecule has 2 aromatic carbocycles. The highest BCUT2D eigenvalue weighted by molar-refractivity contribution is 5.77. The van der Waals surface area contributed by atoms with E-state index in [0.717, 1.165) is 22.9 Å². The molecule has 3 N–H and O–H groups in total. The molecule has 24 heavy (non-hydrogen) atoms. The number of hydrogen-bond acceptors (Lipinski definition) is 4. The van der Waals surface area contributed by atoms with Crippen molar-refractivity contribution in [3.8, 4) is 0 Å². The molecule has 0 bridgehead atoms. The first kappa shape index (κ1) is 16.1. The van der Waals surface area contributed by atoms with Crippen LogP contribution in [0.4, 0.5) is 14.5 Å². The van der Waals surface area contributed by atoms with Gasteiger partial charge in [-0.2, -0.15) is 0 Å². The Morgan fingerprint density at radius 1 is 1.21 bits per heavy atom. The molecule has 0 amide bonds. The summed E-state index contributed by atoms with van der Waals surface area (Å²) in [6.45, 7) is 1.86. The largest absolute Gasteiger partial charge is 0.321 e. The summed E-state index contributed by atoms with van der Waals surface area (Å²) in [6.07, 6.45) is 0.546. The zero-order valence-electron chi connectivity index (χ0n) is 13.0. The van der Waals surface area contributed by atoms with Crippen molar-refractivity contribution in [2.75, 3.05) is 5.43 Å². The number of fused-ring (bicyclic) bond motifs is 1. The van der Waals surface area contributed by atoms with Crippen LogP contribution in [0.2, 0.25) is 0 Å². The van der Waals surface area contributed by atoms with E-state index in [9.17, 15) is 13.6 Å². The maximum atomic E-state index is 13.4. The fraction of sp³-hybridized carbons (Fsp3) is 0.176. The van der Waals surface area contributed by atoms with Crippen molar-refractivity contribution in [2.45, 2.75) is 19.4 Å². The Kier molecular flexibility index (Phi) is 4.26. The summed E-state index contributed by atoms with van der Waals surface area (Å²) < 4.78 is 27.9. The minimum absolute atomic E-state index is 0.0937. The Morgan fingerprint density at radius 2 is 1.88 bits per heavy atom. The monoisotopic (exact) mass is 330 g/mol. The van der Waals surface area contributed by atoms with Gasteiger partial charge in [0.1, 0.15) is 17.5 Å². The number of nitrogens with two attached hydrogens (primary N) is 1. The third kappa shape index (κ3) is 2.98. The van der Waals surface area contributed by atoms with Crippen molar-refractivity contribution < 1.29 is 8.78 Å². The zero-order chi connectivity index (χ0) is 17.3. The van der Waals surface area contributed by atoms with E-state index in [0.29, 0.717) is 23.1 Å². The summed E-state index contributed by atoms with van der Waals surface area (Å²) in [6, 6.07) is 9.27. The van der Waals surface area contributed by atoms with Gasteiger partial charge in [-0.1, -0.05) is 19.1 Å². The van der Waals surface area contributed by atoms with Crippen LogP contribution in [-0.4, -0.2) is 9.66 Å². The van der Waals surface area contributed by atoms with Crippen LogP contribution < -0.4 is 16.7 Å². The Hall–Kier alpha value is -2.80. The zero-order valence-corrected chi connectivity index (χ0v) is 13.0. The van der Waals surface area contributed by atoms with Gasteiger partial charge in [-0.3, -0.25) is 10.2 Å². The minimum atomic E-state index is -0.749. The summed E-state index contributed by atoms with van der Waals surface area (Å²) in [7, 11) is 0. The first-order valence-corrected chi connectivity index (χ1v) is 7.50. The van der Waals surface area contributed by atoms with E-state index in [-0.39, 0.29) is 11.2 Å². The maximum Gasteiger partial charge on any atom is 0.280 e. The molecule has 0 saturated heterocycles. The summed E-state index contributed by atoms with van der Waals surface area (Å²) in [5.74, 6) is -1.20. The average Bonchev–Trinajstić information content (AvgIpc) is 2.55. The van der Waals surface area contributed by atoms with Gasteiger partial charge in [0.25, 0.3) is 5.56 Å². The number of para-hydroxylation sites is 1. The van der Waals surface area contributed by atoms with Gasteiger partial charge >= 0.3 is 0 Å². The van der Waals surface area contributed by atoms with Crippen LogP contribution in [0, 0.1) is 11.6 Å². The molecule has 0 aliphatic carbocycles. The number of aromatic nitrogens is 2. The predicted molar refractivity (Wildman–Crippen MR) is 88.6 cm³/mol. The van der Waals surface area contributed by atoms with Gasteiger partial charge < -0.3 is 5.73 Å². The van der Waals surface area contributed by atoms with Crippen LogP contribution >= 0.6 is 0 Å². The Morgan fingerprint density at radius 3 is 2.54 bits per heavy atom. The van der Waals surface area contributed by atoms with Gasteiger partial charge in [-0.05, 0) is 30.7 Å². The molecule has 1 heterocycles. The lowest BCUT2D eigenvalue weighted by Gasteiger charge is -2.18. The number of halogens is 2. The highest BCUT2D eigenvalue weighted by atomic mass is 19.1. The van der Waals surface area contributed by atoms with Gasteiger partial charge in [0.15, 0.2) is 0 Å². The second-order valence-corrected chi connectivity index (χ2v) is 5.41. The topological polar surface area (TPSA) is 72.9 Å². The van der Waals surface area contributed by atoms with E-state index in [2.05, 4.69) is 10.4 Å². The van der Waals surface area contributed by atoms with Crippen LogP contribution in [0.25, 0.3) is 10.9 Å². The molecule has 0 aliphatic heterocycles. The van der Waals surface area contributed by atoms with Gasteiger partial charge in [-0.15, -0.1) is 0 Å². The van der Waals surface area contributed by atoms with E-state index < -0.39 is 17.7 Å². The Labute approximate surface area is 136 Å². The molecule has 3 rings (SSSR count). The highest BCUT2D eigenvalue weighted by Gasteiger charge is 2.16. The molecular formula is C17H16F2N4O. The lowest BCUT2D eigenvalue weighted by molar-refractivity contribution is 0.581. The van der Waals surface area contributed by atoms with Crippen molar-refractivity contribution in [1.29, 1.82) is 0 Å². The molecule has 0 unspecified atom stereocenters. The fourth-order valence-corrected chi connectivity index (χ4v) is 2.44. The quantitative estimate of drug-likeness (QED) is 0.771. The predicted octanol–water partition coefficient (Wildman–Crippen LogP) is 2.96. The molecular weight excluding hydrogens is 314 g/mol. The number of benzene rings is 2.